The van der Waals surface area contributed by atoms with Gasteiger partial charge in [0.2, 0.25) is 5.91 Å². The summed E-state index contributed by atoms with van der Waals surface area (Å²) < 4.78 is 5.70. The van der Waals surface area contributed by atoms with E-state index in [2.05, 4.69) is 5.32 Å². The molecule has 0 aliphatic rings. The molecular weight excluding hydrogens is 340 g/mol. The molecule has 0 bridgehead atoms. The lowest BCUT2D eigenvalue weighted by Crippen LogP contribution is -2.50. The van der Waals surface area contributed by atoms with Gasteiger partial charge in [0.1, 0.15) is 11.8 Å². The van der Waals surface area contributed by atoms with Crippen LogP contribution in [0.2, 0.25) is 0 Å². The molecule has 0 spiro atoms. The van der Waals surface area contributed by atoms with Gasteiger partial charge in [0, 0.05) is 13.1 Å². The average Bonchev–Trinajstić information content (AvgIpc) is 2.68. The minimum atomic E-state index is -0.554. The number of aryl methyl sites for hydroxylation is 1. The molecule has 0 aliphatic carbocycles. The maximum Gasteiger partial charge on any atom is 0.261 e. The van der Waals surface area contributed by atoms with E-state index < -0.39 is 6.04 Å². The Morgan fingerprint density at radius 1 is 1.07 bits per heavy atom. The van der Waals surface area contributed by atoms with Crippen LogP contribution in [0, 0.1) is 6.92 Å². The highest BCUT2D eigenvalue weighted by molar-refractivity contribution is 5.87. The highest BCUT2D eigenvalue weighted by Crippen LogP contribution is 2.16. The second-order valence-electron chi connectivity index (χ2n) is 6.45. The van der Waals surface area contributed by atoms with Crippen molar-refractivity contribution in [3.8, 4) is 5.75 Å². The Balaban J connectivity index is 2.06. The molecular formula is C22H28N2O3. The number of hydrogen-bond acceptors (Lipinski definition) is 3. The summed E-state index contributed by atoms with van der Waals surface area (Å²) in [6.45, 7) is 6.44. The van der Waals surface area contributed by atoms with E-state index in [1.807, 2.05) is 68.4 Å². The van der Waals surface area contributed by atoms with Crippen molar-refractivity contribution in [3.63, 3.8) is 0 Å². The van der Waals surface area contributed by atoms with Gasteiger partial charge in [-0.25, -0.2) is 0 Å². The number of nitrogens with zero attached hydrogens (tertiary/aromatic N) is 1. The van der Waals surface area contributed by atoms with Gasteiger partial charge in [0.25, 0.3) is 5.91 Å². The van der Waals surface area contributed by atoms with Crippen molar-refractivity contribution in [2.75, 3.05) is 19.7 Å². The first kappa shape index (κ1) is 20.5. The van der Waals surface area contributed by atoms with E-state index in [0.29, 0.717) is 25.3 Å². The summed E-state index contributed by atoms with van der Waals surface area (Å²) >= 11 is 0. The van der Waals surface area contributed by atoms with Crippen molar-refractivity contribution < 1.29 is 14.3 Å². The molecule has 5 nitrogen and oxygen atoms in total. The van der Waals surface area contributed by atoms with Gasteiger partial charge in [-0.15, -0.1) is 0 Å². The number of carbonyl (C=O) groups excluding carboxylic acids is 2. The van der Waals surface area contributed by atoms with Crippen LogP contribution in [0.15, 0.2) is 54.6 Å². The molecule has 1 N–H and O–H groups in total. The van der Waals surface area contributed by atoms with Crippen molar-refractivity contribution >= 4 is 11.8 Å². The normalized spacial score (nSPS) is 11.5. The molecule has 2 aromatic rings. The first-order valence-electron chi connectivity index (χ1n) is 9.32. The van der Waals surface area contributed by atoms with Gasteiger partial charge in [-0.05, 0) is 44.4 Å². The summed E-state index contributed by atoms with van der Waals surface area (Å²) in [5, 5.41) is 2.79. The Hall–Kier alpha value is -2.82. The minimum Gasteiger partial charge on any atom is -0.484 e. The highest BCUT2D eigenvalue weighted by Gasteiger charge is 2.25. The Morgan fingerprint density at radius 3 is 2.41 bits per heavy atom. The van der Waals surface area contributed by atoms with Gasteiger partial charge >= 0.3 is 0 Å². The van der Waals surface area contributed by atoms with Crippen LogP contribution in [0.4, 0.5) is 0 Å². The lowest BCUT2D eigenvalue weighted by molar-refractivity contribution is -0.141. The fourth-order valence-electron chi connectivity index (χ4n) is 2.83. The molecule has 0 saturated heterocycles. The predicted molar refractivity (Wildman–Crippen MR) is 107 cm³/mol. The quantitative estimate of drug-likeness (QED) is 0.740. The molecule has 0 saturated carbocycles. The SMILES string of the molecule is CCNC(=O)C(C)N(CCc1ccccc1)C(=O)COc1ccccc1C. The molecule has 27 heavy (non-hydrogen) atoms. The van der Waals surface area contributed by atoms with Crippen LogP contribution in [0.3, 0.4) is 0 Å². The number of benzene rings is 2. The number of hydrogen-bond donors (Lipinski definition) is 1. The van der Waals surface area contributed by atoms with Crippen LogP contribution < -0.4 is 10.1 Å². The van der Waals surface area contributed by atoms with E-state index in [-0.39, 0.29) is 18.4 Å². The number of rotatable bonds is 9. The molecule has 0 radical (unpaired) electrons. The van der Waals surface area contributed by atoms with Crippen molar-refractivity contribution in [1.29, 1.82) is 0 Å². The zero-order valence-electron chi connectivity index (χ0n) is 16.3. The summed E-state index contributed by atoms with van der Waals surface area (Å²) in [5.74, 6) is 0.322. The Bertz CT molecular complexity index is 746. The van der Waals surface area contributed by atoms with Gasteiger partial charge in [0.15, 0.2) is 6.61 Å². The molecule has 2 rings (SSSR count). The van der Waals surface area contributed by atoms with Crippen LogP contribution in [-0.2, 0) is 16.0 Å². The number of para-hydroxylation sites is 1. The standard InChI is InChI=1S/C22H28N2O3/c1-4-23-22(26)18(3)24(15-14-19-11-6-5-7-12-19)21(25)16-27-20-13-9-8-10-17(20)2/h5-13,18H,4,14-16H2,1-3H3,(H,23,26). The Labute approximate surface area is 161 Å². The van der Waals surface area contributed by atoms with Crippen molar-refractivity contribution in [2.24, 2.45) is 0 Å². The number of ether oxygens (including phenoxy) is 1. The number of carbonyl (C=O) groups is 2. The van der Waals surface area contributed by atoms with E-state index in [1.54, 1.807) is 11.8 Å². The van der Waals surface area contributed by atoms with Crippen LogP contribution in [0.5, 0.6) is 5.75 Å². The zero-order valence-corrected chi connectivity index (χ0v) is 16.3. The molecule has 0 fully saturated rings. The van der Waals surface area contributed by atoms with Gasteiger partial charge in [-0.1, -0.05) is 48.5 Å². The van der Waals surface area contributed by atoms with Crippen LogP contribution in [-0.4, -0.2) is 42.5 Å². The summed E-state index contributed by atoms with van der Waals surface area (Å²) in [4.78, 5) is 26.7. The molecule has 1 atom stereocenters. The molecule has 2 aromatic carbocycles. The van der Waals surface area contributed by atoms with Crippen LogP contribution in [0.25, 0.3) is 0 Å². The number of likely N-dealkylation sites (N-methyl/N-ethyl adjacent to an activating group) is 1. The molecule has 2 amide bonds. The van der Waals surface area contributed by atoms with E-state index in [4.69, 9.17) is 4.74 Å². The van der Waals surface area contributed by atoms with Gasteiger partial charge in [0.05, 0.1) is 0 Å². The predicted octanol–water partition coefficient (Wildman–Crippen LogP) is 2.97. The number of nitrogens with one attached hydrogen (secondary N) is 1. The fraction of sp³-hybridized carbons (Fsp3) is 0.364. The summed E-state index contributed by atoms with van der Waals surface area (Å²) in [6, 6.07) is 16.9. The summed E-state index contributed by atoms with van der Waals surface area (Å²) in [5.41, 5.74) is 2.09. The van der Waals surface area contributed by atoms with E-state index >= 15 is 0 Å². The third-order valence-electron chi connectivity index (χ3n) is 4.45. The van der Waals surface area contributed by atoms with Crippen LogP contribution in [0.1, 0.15) is 25.0 Å². The van der Waals surface area contributed by atoms with Gasteiger partial charge in [-0.2, -0.15) is 0 Å². The second-order valence-corrected chi connectivity index (χ2v) is 6.45. The molecule has 0 aliphatic heterocycles. The summed E-state index contributed by atoms with van der Waals surface area (Å²) in [7, 11) is 0. The highest BCUT2D eigenvalue weighted by atomic mass is 16.5. The van der Waals surface area contributed by atoms with Crippen molar-refractivity contribution in [1.82, 2.24) is 10.2 Å². The lowest BCUT2D eigenvalue weighted by Gasteiger charge is -2.28. The van der Waals surface area contributed by atoms with Crippen LogP contribution >= 0.6 is 0 Å². The first-order valence-corrected chi connectivity index (χ1v) is 9.32. The van der Waals surface area contributed by atoms with Crippen molar-refractivity contribution in [3.05, 3.63) is 65.7 Å². The summed E-state index contributed by atoms with van der Waals surface area (Å²) in [6.07, 6.45) is 0.681. The molecule has 5 heteroatoms. The largest absolute Gasteiger partial charge is 0.484 e. The lowest BCUT2D eigenvalue weighted by atomic mass is 10.1. The van der Waals surface area contributed by atoms with E-state index in [1.165, 1.54) is 0 Å². The topological polar surface area (TPSA) is 58.6 Å². The smallest absolute Gasteiger partial charge is 0.261 e. The van der Waals surface area contributed by atoms with E-state index in [0.717, 1.165) is 11.1 Å². The maximum absolute atomic E-state index is 12.8. The number of amides is 2. The van der Waals surface area contributed by atoms with Crippen molar-refractivity contribution in [2.45, 2.75) is 33.2 Å². The molecule has 144 valence electrons. The van der Waals surface area contributed by atoms with Gasteiger partial charge < -0.3 is 15.0 Å². The third-order valence-corrected chi connectivity index (χ3v) is 4.45. The van der Waals surface area contributed by atoms with E-state index in [9.17, 15) is 9.59 Å². The second kappa shape index (κ2) is 10.4. The fourth-order valence-corrected chi connectivity index (χ4v) is 2.83. The minimum absolute atomic E-state index is 0.0939. The molecule has 0 heterocycles. The Morgan fingerprint density at radius 2 is 1.74 bits per heavy atom. The molecule has 1 unspecified atom stereocenters. The monoisotopic (exact) mass is 368 g/mol. The first-order chi connectivity index (χ1) is 13.0. The zero-order chi connectivity index (χ0) is 19.6. The maximum atomic E-state index is 12.8. The Kier molecular flexibility index (Phi) is 7.86. The third kappa shape index (κ3) is 6.13. The average molecular weight is 368 g/mol. The molecule has 0 aromatic heterocycles. The van der Waals surface area contributed by atoms with Gasteiger partial charge in [-0.3, -0.25) is 9.59 Å².